The lowest BCUT2D eigenvalue weighted by Gasteiger charge is -2.23. The van der Waals surface area contributed by atoms with Crippen LogP contribution >= 0.6 is 12.2 Å². The smallest absolute Gasteiger partial charge is 0.254 e. The van der Waals surface area contributed by atoms with Gasteiger partial charge in [0.1, 0.15) is 5.54 Å². The number of amides is 1. The molecule has 0 aromatic rings. The van der Waals surface area contributed by atoms with E-state index >= 15 is 0 Å². The normalized spacial score (nSPS) is 34.8. The summed E-state index contributed by atoms with van der Waals surface area (Å²) in [6.07, 6.45) is 2.02. The van der Waals surface area contributed by atoms with Gasteiger partial charge in [0.25, 0.3) is 5.91 Å². The molecular weight excluding hydrogens is 172 g/mol. The van der Waals surface area contributed by atoms with Crippen molar-refractivity contribution in [3.63, 3.8) is 0 Å². The van der Waals surface area contributed by atoms with E-state index in [1.54, 1.807) is 11.9 Å². The zero-order valence-electron chi connectivity index (χ0n) is 7.33. The molecule has 0 N–H and O–H groups in total. The molecule has 2 aliphatic rings. The lowest BCUT2D eigenvalue weighted by Crippen LogP contribution is -2.41. The largest absolute Gasteiger partial charge is 0.334 e. The van der Waals surface area contributed by atoms with Crippen molar-refractivity contribution in [2.24, 2.45) is 0 Å². The molecule has 2 heterocycles. The summed E-state index contributed by atoms with van der Waals surface area (Å²) >= 11 is 5.16. The third kappa shape index (κ3) is 0.710. The maximum Gasteiger partial charge on any atom is 0.254 e. The average molecular weight is 184 g/mol. The lowest BCUT2D eigenvalue weighted by atomic mass is 10.00. The summed E-state index contributed by atoms with van der Waals surface area (Å²) in [5.41, 5.74) is -0.314. The van der Waals surface area contributed by atoms with Gasteiger partial charge in [0.2, 0.25) is 0 Å². The molecule has 0 bridgehead atoms. The highest BCUT2D eigenvalue weighted by atomic mass is 32.1. The fourth-order valence-corrected chi connectivity index (χ4v) is 2.50. The molecule has 0 aliphatic carbocycles. The van der Waals surface area contributed by atoms with E-state index in [-0.39, 0.29) is 11.4 Å². The Balaban J connectivity index is 2.42. The van der Waals surface area contributed by atoms with Crippen LogP contribution in [0.1, 0.15) is 19.8 Å². The number of hydrogen-bond donors (Lipinski definition) is 0. The Bertz CT molecular complexity index is 266. The number of nitrogens with zero attached hydrogens (tertiary/aromatic N) is 2. The quantitative estimate of drug-likeness (QED) is 0.515. The maximum absolute atomic E-state index is 11.7. The monoisotopic (exact) mass is 184 g/mol. The Kier molecular flexibility index (Phi) is 1.46. The summed E-state index contributed by atoms with van der Waals surface area (Å²) in [4.78, 5) is 15.4. The minimum absolute atomic E-state index is 0.157. The fourth-order valence-electron chi connectivity index (χ4n) is 2.12. The Morgan fingerprint density at radius 3 is 2.83 bits per heavy atom. The predicted octanol–water partition coefficient (Wildman–Crippen LogP) is 0.598. The summed E-state index contributed by atoms with van der Waals surface area (Å²) in [5.74, 6) is 0.157. The number of rotatable bonds is 0. The first-order valence-electron chi connectivity index (χ1n) is 4.17. The van der Waals surface area contributed by atoms with Crippen molar-refractivity contribution in [1.82, 2.24) is 9.80 Å². The Morgan fingerprint density at radius 1 is 1.58 bits per heavy atom. The summed E-state index contributed by atoms with van der Waals surface area (Å²) < 4.78 is 0. The molecule has 0 aromatic carbocycles. The Hall–Kier alpha value is -0.640. The summed E-state index contributed by atoms with van der Waals surface area (Å²) in [6, 6.07) is 0. The van der Waals surface area contributed by atoms with Crippen molar-refractivity contribution < 1.29 is 4.79 Å². The van der Waals surface area contributed by atoms with Crippen LogP contribution < -0.4 is 0 Å². The van der Waals surface area contributed by atoms with E-state index in [9.17, 15) is 4.79 Å². The van der Waals surface area contributed by atoms with Crippen LogP contribution in [0.4, 0.5) is 0 Å². The third-order valence-corrected chi connectivity index (χ3v) is 3.42. The predicted molar refractivity (Wildman–Crippen MR) is 49.7 cm³/mol. The maximum atomic E-state index is 11.7. The minimum Gasteiger partial charge on any atom is -0.334 e. The third-order valence-electron chi connectivity index (χ3n) is 2.92. The topological polar surface area (TPSA) is 23.6 Å². The lowest BCUT2D eigenvalue weighted by molar-refractivity contribution is -0.130. The van der Waals surface area contributed by atoms with Gasteiger partial charge < -0.3 is 4.90 Å². The molecule has 66 valence electrons. The van der Waals surface area contributed by atoms with E-state index in [2.05, 4.69) is 0 Å². The molecule has 1 atom stereocenters. The van der Waals surface area contributed by atoms with Gasteiger partial charge in [-0.1, -0.05) is 0 Å². The van der Waals surface area contributed by atoms with Crippen LogP contribution in [-0.2, 0) is 4.79 Å². The molecule has 2 saturated heterocycles. The van der Waals surface area contributed by atoms with Crippen LogP contribution in [0.3, 0.4) is 0 Å². The summed E-state index contributed by atoms with van der Waals surface area (Å²) in [6.45, 7) is 2.92. The van der Waals surface area contributed by atoms with Gasteiger partial charge in [-0.15, -0.1) is 0 Å². The van der Waals surface area contributed by atoms with Crippen LogP contribution in [0, 0.1) is 0 Å². The van der Waals surface area contributed by atoms with Crippen LogP contribution in [-0.4, -0.2) is 40.0 Å². The van der Waals surface area contributed by atoms with Crippen molar-refractivity contribution in [1.29, 1.82) is 0 Å². The van der Waals surface area contributed by atoms with E-state index in [0.29, 0.717) is 5.11 Å². The zero-order chi connectivity index (χ0) is 8.93. The molecule has 3 nitrogen and oxygen atoms in total. The first-order chi connectivity index (χ1) is 5.57. The molecule has 2 rings (SSSR count). The van der Waals surface area contributed by atoms with Gasteiger partial charge >= 0.3 is 0 Å². The Morgan fingerprint density at radius 2 is 2.25 bits per heavy atom. The van der Waals surface area contributed by atoms with Gasteiger partial charge in [-0.3, -0.25) is 9.69 Å². The number of hydrogen-bond acceptors (Lipinski definition) is 2. The fraction of sp³-hybridized carbons (Fsp3) is 0.750. The second kappa shape index (κ2) is 2.19. The van der Waals surface area contributed by atoms with Crippen molar-refractivity contribution in [2.75, 3.05) is 13.6 Å². The van der Waals surface area contributed by atoms with E-state index in [1.807, 2.05) is 11.8 Å². The van der Waals surface area contributed by atoms with Gasteiger partial charge in [0.05, 0.1) is 0 Å². The number of carbonyl (C=O) groups excluding carboxylic acids is 1. The highest BCUT2D eigenvalue weighted by Crippen LogP contribution is 2.36. The Labute approximate surface area is 77.3 Å². The minimum atomic E-state index is -0.314. The molecule has 0 saturated carbocycles. The standard InChI is InChI=1S/C8H12N2OS/c1-8-4-3-5-10(8)7(12)9(2)6(8)11/h3-5H2,1-2H3/t8-/m0/s1. The first-order valence-corrected chi connectivity index (χ1v) is 4.58. The number of likely N-dealkylation sites (N-methyl/N-ethyl adjacent to an activating group) is 1. The van der Waals surface area contributed by atoms with E-state index < -0.39 is 0 Å². The molecule has 2 fully saturated rings. The van der Waals surface area contributed by atoms with Gasteiger partial charge in [-0.25, -0.2) is 0 Å². The van der Waals surface area contributed by atoms with Gasteiger partial charge in [0.15, 0.2) is 5.11 Å². The second-order valence-corrected chi connectivity index (χ2v) is 4.04. The van der Waals surface area contributed by atoms with E-state index in [0.717, 1.165) is 19.4 Å². The number of carbonyl (C=O) groups is 1. The van der Waals surface area contributed by atoms with Gasteiger partial charge in [-0.05, 0) is 32.0 Å². The van der Waals surface area contributed by atoms with Crippen molar-refractivity contribution in [3.05, 3.63) is 0 Å². The van der Waals surface area contributed by atoms with Crippen LogP contribution in [0.5, 0.6) is 0 Å². The van der Waals surface area contributed by atoms with Crippen molar-refractivity contribution in [2.45, 2.75) is 25.3 Å². The highest BCUT2D eigenvalue weighted by Gasteiger charge is 2.52. The second-order valence-electron chi connectivity index (χ2n) is 3.68. The molecule has 12 heavy (non-hydrogen) atoms. The summed E-state index contributed by atoms with van der Waals surface area (Å²) in [5, 5.41) is 0.694. The molecule has 0 unspecified atom stereocenters. The van der Waals surface area contributed by atoms with E-state index in [1.165, 1.54) is 0 Å². The highest BCUT2D eigenvalue weighted by molar-refractivity contribution is 7.80. The average Bonchev–Trinajstić information content (AvgIpc) is 2.49. The zero-order valence-corrected chi connectivity index (χ0v) is 8.15. The molecular formula is C8H12N2OS. The molecule has 2 aliphatic heterocycles. The van der Waals surface area contributed by atoms with Gasteiger partial charge in [0, 0.05) is 13.6 Å². The SMILES string of the molecule is CN1C(=O)[C@]2(C)CCCN2C1=S. The van der Waals surface area contributed by atoms with Crippen LogP contribution in [0.25, 0.3) is 0 Å². The molecule has 4 heteroatoms. The molecule has 0 aromatic heterocycles. The first kappa shape index (κ1) is 7.98. The van der Waals surface area contributed by atoms with Crippen LogP contribution in [0.15, 0.2) is 0 Å². The van der Waals surface area contributed by atoms with Gasteiger partial charge in [-0.2, -0.15) is 0 Å². The van der Waals surface area contributed by atoms with Crippen molar-refractivity contribution in [3.8, 4) is 0 Å². The number of thiocarbonyl (C=S) groups is 1. The molecule has 0 spiro atoms. The molecule has 0 radical (unpaired) electrons. The number of fused-ring (bicyclic) bond motifs is 1. The van der Waals surface area contributed by atoms with E-state index in [4.69, 9.17) is 12.2 Å². The summed E-state index contributed by atoms with van der Waals surface area (Å²) in [7, 11) is 1.76. The van der Waals surface area contributed by atoms with Crippen LogP contribution in [0.2, 0.25) is 0 Å². The molecule has 1 amide bonds. The van der Waals surface area contributed by atoms with Crippen molar-refractivity contribution >= 4 is 23.2 Å².